The molecule has 0 saturated carbocycles. The molecule has 0 bridgehead atoms. The van der Waals surface area contributed by atoms with Crippen molar-refractivity contribution in [2.45, 2.75) is 39.8 Å². The Kier molecular flexibility index (Phi) is 8.07. The number of fused-ring (bicyclic) bond motifs is 3. The number of benzene rings is 2. The lowest BCUT2D eigenvalue weighted by Gasteiger charge is -2.35. The summed E-state index contributed by atoms with van der Waals surface area (Å²) in [5.41, 5.74) is 7.71. The third-order valence-electron chi connectivity index (χ3n) is 6.90. The maximum atomic E-state index is 14.3. The van der Waals surface area contributed by atoms with E-state index in [4.69, 9.17) is 26.7 Å². The number of furan rings is 1. The van der Waals surface area contributed by atoms with Crippen molar-refractivity contribution in [3.05, 3.63) is 96.9 Å². The summed E-state index contributed by atoms with van der Waals surface area (Å²) in [4.78, 5) is 35.6. The molecule has 1 unspecified atom stereocenters. The van der Waals surface area contributed by atoms with Crippen molar-refractivity contribution in [1.82, 2.24) is 14.5 Å². The summed E-state index contributed by atoms with van der Waals surface area (Å²) in [5, 5.41) is 0.403. The SMILES string of the molecule is Cc1ccc(C(=O)N(CCCN)C(c2nc3c(oc4ccc(F)cc43)c(=O)n2Cc2ccc(Cl)s2)C(C)C)cc1. The smallest absolute Gasteiger partial charge is 0.297 e. The first kappa shape index (κ1) is 28.0. The number of thiophene rings is 1. The fourth-order valence-electron chi connectivity index (χ4n) is 4.97. The summed E-state index contributed by atoms with van der Waals surface area (Å²) in [5.74, 6) is -0.392. The van der Waals surface area contributed by atoms with Crippen molar-refractivity contribution in [2.24, 2.45) is 11.7 Å². The van der Waals surface area contributed by atoms with Gasteiger partial charge in [-0.15, -0.1) is 11.3 Å². The normalized spacial score (nSPS) is 12.5. The second kappa shape index (κ2) is 11.5. The number of amides is 1. The summed E-state index contributed by atoms with van der Waals surface area (Å²) in [6.07, 6.45) is 0.563. The van der Waals surface area contributed by atoms with Crippen molar-refractivity contribution in [3.63, 3.8) is 0 Å². The Morgan fingerprint density at radius 3 is 2.58 bits per heavy atom. The lowest BCUT2D eigenvalue weighted by Crippen LogP contribution is -2.42. The Hall–Kier alpha value is -3.53. The Labute approximate surface area is 240 Å². The van der Waals surface area contributed by atoms with E-state index in [1.54, 1.807) is 27.7 Å². The number of rotatable bonds is 9. The van der Waals surface area contributed by atoms with E-state index >= 15 is 0 Å². The quantitative estimate of drug-likeness (QED) is 0.213. The van der Waals surface area contributed by atoms with Crippen LogP contribution in [0.15, 0.2) is 63.8 Å². The molecule has 0 radical (unpaired) electrons. The van der Waals surface area contributed by atoms with Gasteiger partial charge >= 0.3 is 0 Å². The van der Waals surface area contributed by atoms with Crippen LogP contribution in [0.1, 0.15) is 52.9 Å². The molecule has 3 aromatic heterocycles. The lowest BCUT2D eigenvalue weighted by atomic mass is 9.99. The van der Waals surface area contributed by atoms with Gasteiger partial charge in [-0.3, -0.25) is 14.2 Å². The summed E-state index contributed by atoms with van der Waals surface area (Å²) >= 11 is 7.57. The third kappa shape index (κ3) is 5.41. The Morgan fingerprint density at radius 2 is 1.93 bits per heavy atom. The molecule has 208 valence electrons. The first-order chi connectivity index (χ1) is 19.2. The summed E-state index contributed by atoms with van der Waals surface area (Å²) in [6.45, 7) is 6.88. The van der Waals surface area contributed by atoms with Gasteiger partial charge in [-0.25, -0.2) is 9.37 Å². The van der Waals surface area contributed by atoms with Gasteiger partial charge in [-0.2, -0.15) is 0 Å². The van der Waals surface area contributed by atoms with Crippen LogP contribution < -0.4 is 11.3 Å². The molecule has 0 fully saturated rings. The molecule has 0 saturated heterocycles. The molecule has 1 amide bonds. The van der Waals surface area contributed by atoms with Gasteiger partial charge in [0.1, 0.15) is 22.7 Å². The summed E-state index contributed by atoms with van der Waals surface area (Å²) < 4.78 is 22.3. The fourth-order valence-corrected chi connectivity index (χ4v) is 6.05. The molecule has 0 spiro atoms. The maximum absolute atomic E-state index is 14.3. The summed E-state index contributed by atoms with van der Waals surface area (Å²) in [6, 6.07) is 14.5. The number of hydrogen-bond donors (Lipinski definition) is 1. The van der Waals surface area contributed by atoms with Gasteiger partial charge in [0.05, 0.1) is 16.9 Å². The maximum Gasteiger partial charge on any atom is 0.297 e. The molecular formula is C30H30ClFN4O3S. The van der Waals surface area contributed by atoms with E-state index in [-0.39, 0.29) is 29.5 Å². The molecule has 3 heterocycles. The zero-order valence-electron chi connectivity index (χ0n) is 22.5. The Balaban J connectivity index is 1.76. The zero-order chi connectivity index (χ0) is 28.6. The minimum atomic E-state index is -0.591. The predicted octanol–water partition coefficient (Wildman–Crippen LogP) is 6.54. The molecule has 10 heteroatoms. The fraction of sp³-hybridized carbons (Fsp3) is 0.300. The number of halogens is 2. The average molecular weight is 581 g/mol. The number of aromatic nitrogens is 2. The number of aryl methyl sites for hydroxylation is 1. The Morgan fingerprint density at radius 1 is 1.18 bits per heavy atom. The number of nitrogens with two attached hydrogens (primary N) is 1. The van der Waals surface area contributed by atoms with Crippen LogP contribution in [0.2, 0.25) is 4.34 Å². The highest BCUT2D eigenvalue weighted by atomic mass is 35.5. The molecule has 1 atom stereocenters. The molecule has 40 heavy (non-hydrogen) atoms. The van der Waals surface area contributed by atoms with E-state index in [1.165, 1.54) is 29.5 Å². The van der Waals surface area contributed by atoms with Crippen LogP contribution in [-0.2, 0) is 6.54 Å². The van der Waals surface area contributed by atoms with Crippen molar-refractivity contribution in [1.29, 1.82) is 0 Å². The number of hydrogen-bond acceptors (Lipinski definition) is 6. The molecule has 7 nitrogen and oxygen atoms in total. The average Bonchev–Trinajstić information content (AvgIpc) is 3.50. The lowest BCUT2D eigenvalue weighted by molar-refractivity contribution is 0.0602. The highest BCUT2D eigenvalue weighted by molar-refractivity contribution is 7.16. The van der Waals surface area contributed by atoms with E-state index < -0.39 is 17.4 Å². The van der Waals surface area contributed by atoms with Crippen LogP contribution in [0, 0.1) is 18.7 Å². The van der Waals surface area contributed by atoms with Gasteiger partial charge in [0.25, 0.3) is 11.5 Å². The van der Waals surface area contributed by atoms with E-state index in [0.29, 0.717) is 46.2 Å². The molecule has 0 aliphatic carbocycles. The Bertz CT molecular complexity index is 1740. The molecule has 2 aromatic carbocycles. The minimum Gasteiger partial charge on any atom is -0.448 e. The molecule has 2 N–H and O–H groups in total. The van der Waals surface area contributed by atoms with Gasteiger partial charge in [-0.05, 0) is 68.3 Å². The van der Waals surface area contributed by atoms with E-state index in [9.17, 15) is 14.0 Å². The largest absolute Gasteiger partial charge is 0.448 e. The van der Waals surface area contributed by atoms with Gasteiger partial charge in [0.2, 0.25) is 5.58 Å². The molecular weight excluding hydrogens is 551 g/mol. The van der Waals surface area contributed by atoms with Crippen LogP contribution >= 0.6 is 22.9 Å². The molecule has 0 aliphatic heterocycles. The number of nitrogens with zero attached hydrogens (tertiary/aromatic N) is 3. The number of carbonyl (C=O) groups is 1. The summed E-state index contributed by atoms with van der Waals surface area (Å²) in [7, 11) is 0. The molecule has 5 rings (SSSR count). The molecule has 5 aromatic rings. The van der Waals surface area contributed by atoms with Gasteiger partial charge < -0.3 is 15.1 Å². The molecule has 0 aliphatic rings. The standard InChI is InChI=1S/C30H30ClFN4O3S/c1-17(2)26(35(14-4-13-33)29(37)19-7-5-18(3)6-8-19)28-34-25-22-15-20(32)9-11-23(22)39-27(25)30(38)36(28)16-21-10-12-24(31)40-21/h5-12,15,17,26H,4,13-14,16,33H2,1-3H3. The van der Waals surface area contributed by atoms with Crippen LogP contribution in [0.4, 0.5) is 4.39 Å². The predicted molar refractivity (Wildman–Crippen MR) is 158 cm³/mol. The van der Waals surface area contributed by atoms with Crippen LogP contribution in [-0.4, -0.2) is 33.4 Å². The van der Waals surface area contributed by atoms with Crippen LogP contribution in [0.5, 0.6) is 0 Å². The van der Waals surface area contributed by atoms with Crippen molar-refractivity contribution < 1.29 is 13.6 Å². The minimum absolute atomic E-state index is 0.0351. The highest BCUT2D eigenvalue weighted by Gasteiger charge is 2.33. The van der Waals surface area contributed by atoms with Crippen molar-refractivity contribution in [3.8, 4) is 0 Å². The zero-order valence-corrected chi connectivity index (χ0v) is 24.1. The first-order valence-electron chi connectivity index (χ1n) is 13.1. The van der Waals surface area contributed by atoms with Gasteiger partial charge in [0, 0.05) is 22.4 Å². The van der Waals surface area contributed by atoms with Gasteiger partial charge in [-0.1, -0.05) is 43.1 Å². The second-order valence-electron chi connectivity index (χ2n) is 10.2. The van der Waals surface area contributed by atoms with Crippen LogP contribution in [0.3, 0.4) is 0 Å². The second-order valence-corrected chi connectivity index (χ2v) is 12.0. The van der Waals surface area contributed by atoms with Gasteiger partial charge in [0.15, 0.2) is 0 Å². The number of carbonyl (C=O) groups excluding carboxylic acids is 1. The topological polar surface area (TPSA) is 94.4 Å². The third-order valence-corrected chi connectivity index (χ3v) is 8.12. The first-order valence-corrected chi connectivity index (χ1v) is 14.3. The van der Waals surface area contributed by atoms with E-state index in [2.05, 4.69) is 0 Å². The van der Waals surface area contributed by atoms with Crippen molar-refractivity contribution in [2.75, 3.05) is 13.1 Å². The van der Waals surface area contributed by atoms with Crippen molar-refractivity contribution >= 4 is 50.9 Å². The van der Waals surface area contributed by atoms with Crippen LogP contribution in [0.25, 0.3) is 22.1 Å². The van der Waals surface area contributed by atoms with E-state index in [1.807, 2.05) is 39.0 Å². The van der Waals surface area contributed by atoms with E-state index in [0.717, 1.165) is 10.4 Å². The highest BCUT2D eigenvalue weighted by Crippen LogP contribution is 2.33. The monoisotopic (exact) mass is 580 g/mol.